The van der Waals surface area contributed by atoms with Crippen LogP contribution in [0.15, 0.2) is 24.3 Å². The van der Waals surface area contributed by atoms with Crippen LogP contribution in [0.25, 0.3) is 0 Å². The number of carbonyl (C=O) groups is 1. The van der Waals surface area contributed by atoms with E-state index in [1.54, 1.807) is 0 Å². The molecule has 0 radical (unpaired) electrons. The summed E-state index contributed by atoms with van der Waals surface area (Å²) in [6.07, 6.45) is 45.2. The predicted octanol–water partition coefficient (Wildman–Crippen LogP) is 12.1. The molecule has 69 heavy (non-hydrogen) atoms. The third-order valence-corrected chi connectivity index (χ3v) is 14.2. The summed E-state index contributed by atoms with van der Waals surface area (Å²) in [5.74, 6) is -0.712. The molecular formula is C58H111NO10. The van der Waals surface area contributed by atoms with Crippen LogP contribution in [0.2, 0.25) is 0 Å². The number of rotatable bonds is 50. The molecule has 11 heteroatoms. The molecule has 1 amide bonds. The molecule has 11 nitrogen and oxygen atoms in total. The van der Waals surface area contributed by atoms with Crippen LogP contribution >= 0.6 is 0 Å². The second-order valence-corrected chi connectivity index (χ2v) is 20.7. The third kappa shape index (κ3) is 36.2. The van der Waals surface area contributed by atoms with Crippen LogP contribution in [0.3, 0.4) is 0 Å². The van der Waals surface area contributed by atoms with Crippen LogP contribution in [0.1, 0.15) is 271 Å². The number of aliphatic hydroxyl groups is 7. The van der Waals surface area contributed by atoms with Gasteiger partial charge in [0.25, 0.3) is 0 Å². The average Bonchev–Trinajstić information content (AvgIpc) is 3.35. The molecule has 9 unspecified atom stereocenters. The van der Waals surface area contributed by atoms with Crippen molar-refractivity contribution in [3.8, 4) is 0 Å². The van der Waals surface area contributed by atoms with Gasteiger partial charge < -0.3 is 50.5 Å². The van der Waals surface area contributed by atoms with Crippen molar-refractivity contribution in [1.29, 1.82) is 0 Å². The molecule has 1 aliphatic heterocycles. The highest BCUT2D eigenvalue weighted by Crippen LogP contribution is 2.23. The van der Waals surface area contributed by atoms with E-state index in [1.165, 1.54) is 180 Å². The molecule has 1 heterocycles. The minimum atomic E-state index is -1.67. The summed E-state index contributed by atoms with van der Waals surface area (Å²) < 4.78 is 11.1. The number of allylic oxidation sites excluding steroid dienone is 4. The first-order chi connectivity index (χ1) is 33.7. The molecule has 0 aromatic rings. The second-order valence-electron chi connectivity index (χ2n) is 20.7. The zero-order valence-corrected chi connectivity index (χ0v) is 44.6. The fourth-order valence-electron chi connectivity index (χ4n) is 9.44. The summed E-state index contributed by atoms with van der Waals surface area (Å²) in [4.78, 5) is 13.2. The summed E-state index contributed by atoms with van der Waals surface area (Å²) >= 11 is 0. The number of carbonyl (C=O) groups excluding carboxylic acids is 1. The van der Waals surface area contributed by atoms with Gasteiger partial charge >= 0.3 is 0 Å². The predicted molar refractivity (Wildman–Crippen MR) is 284 cm³/mol. The smallest absolute Gasteiger partial charge is 0.249 e. The molecule has 1 aliphatic rings. The van der Waals surface area contributed by atoms with Crippen molar-refractivity contribution in [1.82, 2.24) is 5.32 Å². The Balaban J connectivity index is 2.32. The molecule has 408 valence electrons. The molecule has 1 fully saturated rings. The Morgan fingerprint density at radius 2 is 0.855 bits per heavy atom. The molecule has 0 spiro atoms. The molecule has 0 aromatic heterocycles. The van der Waals surface area contributed by atoms with Gasteiger partial charge in [-0.25, -0.2) is 0 Å². The van der Waals surface area contributed by atoms with Gasteiger partial charge in [-0.15, -0.1) is 0 Å². The van der Waals surface area contributed by atoms with E-state index in [-0.39, 0.29) is 12.8 Å². The summed E-state index contributed by atoms with van der Waals surface area (Å²) in [6, 6.07) is -1.19. The molecule has 0 bridgehead atoms. The van der Waals surface area contributed by atoms with Crippen LogP contribution in [0.5, 0.6) is 0 Å². The maximum atomic E-state index is 13.2. The lowest BCUT2D eigenvalue weighted by molar-refractivity contribution is -0.303. The van der Waals surface area contributed by atoms with Crippen molar-refractivity contribution in [3.63, 3.8) is 0 Å². The van der Waals surface area contributed by atoms with Gasteiger partial charge in [-0.3, -0.25) is 4.79 Å². The highest BCUT2D eigenvalue weighted by atomic mass is 16.7. The third-order valence-electron chi connectivity index (χ3n) is 14.2. The van der Waals surface area contributed by atoms with E-state index in [4.69, 9.17) is 9.47 Å². The minimum absolute atomic E-state index is 0.241. The first-order valence-electron chi connectivity index (χ1n) is 29.2. The van der Waals surface area contributed by atoms with E-state index in [0.29, 0.717) is 12.8 Å². The van der Waals surface area contributed by atoms with Crippen LogP contribution < -0.4 is 5.32 Å². The fourth-order valence-corrected chi connectivity index (χ4v) is 9.44. The van der Waals surface area contributed by atoms with Crippen LogP contribution in [0.4, 0.5) is 0 Å². The Morgan fingerprint density at radius 3 is 1.25 bits per heavy atom. The summed E-state index contributed by atoms with van der Waals surface area (Å²) in [7, 11) is 0. The monoisotopic (exact) mass is 982 g/mol. The van der Waals surface area contributed by atoms with E-state index in [0.717, 1.165) is 51.4 Å². The van der Waals surface area contributed by atoms with Gasteiger partial charge in [-0.1, -0.05) is 231 Å². The van der Waals surface area contributed by atoms with Crippen molar-refractivity contribution >= 4 is 5.91 Å². The molecule has 1 rings (SSSR count). The van der Waals surface area contributed by atoms with Gasteiger partial charge in [0, 0.05) is 0 Å². The maximum Gasteiger partial charge on any atom is 0.249 e. The Labute approximate surface area is 423 Å². The van der Waals surface area contributed by atoms with Gasteiger partial charge in [0.1, 0.15) is 36.6 Å². The highest BCUT2D eigenvalue weighted by molar-refractivity contribution is 5.80. The van der Waals surface area contributed by atoms with Crippen molar-refractivity contribution in [2.24, 2.45) is 0 Å². The number of ether oxygens (including phenoxy) is 2. The zero-order valence-electron chi connectivity index (χ0n) is 44.6. The fraction of sp³-hybridized carbons (Fsp3) is 0.914. The Kier molecular flexibility index (Phi) is 45.2. The van der Waals surface area contributed by atoms with E-state index in [1.807, 2.05) is 0 Å². The van der Waals surface area contributed by atoms with Crippen LogP contribution in [0, 0.1) is 0 Å². The quantitative estimate of drug-likeness (QED) is 0.0215. The van der Waals surface area contributed by atoms with Gasteiger partial charge in [-0.05, 0) is 64.2 Å². The molecule has 8 N–H and O–H groups in total. The normalized spacial score (nSPS) is 20.5. The number of amides is 1. The Hall–Kier alpha value is -1.41. The summed E-state index contributed by atoms with van der Waals surface area (Å²) in [6.45, 7) is 3.46. The first-order valence-corrected chi connectivity index (χ1v) is 29.2. The molecule has 0 aromatic carbocycles. The maximum absolute atomic E-state index is 13.2. The lowest BCUT2D eigenvalue weighted by Crippen LogP contribution is -2.60. The van der Waals surface area contributed by atoms with Gasteiger partial charge in [-0.2, -0.15) is 0 Å². The molecular weight excluding hydrogens is 871 g/mol. The lowest BCUT2D eigenvalue weighted by Gasteiger charge is -2.40. The van der Waals surface area contributed by atoms with E-state index < -0.39 is 74.2 Å². The van der Waals surface area contributed by atoms with Gasteiger partial charge in [0.2, 0.25) is 5.91 Å². The minimum Gasteiger partial charge on any atom is -0.394 e. The number of nitrogens with one attached hydrogen (secondary N) is 1. The topological polar surface area (TPSA) is 189 Å². The molecule has 0 aliphatic carbocycles. The number of aliphatic hydroxyl groups excluding tert-OH is 7. The highest BCUT2D eigenvalue weighted by Gasteiger charge is 2.44. The standard InChI is InChI=1S/C58H111NO10/c1-3-5-7-9-11-13-15-17-19-21-22-23-24-25-26-27-28-30-31-33-35-37-39-41-43-45-50(61)53(63)49(48-68-58-56(66)55(65)54(64)52(47-60)69-58)59-57(67)51(62)46-44-42-40-38-36-34-32-29-20-18-16-14-12-10-8-6-4-2/h32,34,37,39,49-56,58,60-66H,3-31,33,35-36,38,40-48H2,1-2H3,(H,59,67)/b34-32-,39-37+. The Morgan fingerprint density at radius 1 is 0.493 bits per heavy atom. The average molecular weight is 983 g/mol. The number of hydrogen-bond acceptors (Lipinski definition) is 10. The Bertz CT molecular complexity index is 1170. The van der Waals surface area contributed by atoms with Crippen LogP contribution in [-0.4, -0.2) is 110 Å². The first kappa shape index (κ1) is 65.6. The van der Waals surface area contributed by atoms with Crippen molar-refractivity contribution in [3.05, 3.63) is 24.3 Å². The van der Waals surface area contributed by atoms with Gasteiger partial charge in [0.05, 0.1) is 25.4 Å². The summed E-state index contributed by atoms with van der Waals surface area (Å²) in [5, 5.41) is 76.1. The largest absolute Gasteiger partial charge is 0.394 e. The lowest BCUT2D eigenvalue weighted by atomic mass is 9.98. The van der Waals surface area contributed by atoms with E-state index in [9.17, 15) is 40.5 Å². The second kappa shape index (κ2) is 47.6. The molecule has 0 saturated carbocycles. The van der Waals surface area contributed by atoms with Crippen LogP contribution in [-0.2, 0) is 14.3 Å². The van der Waals surface area contributed by atoms with E-state index in [2.05, 4.69) is 43.5 Å². The molecule has 9 atom stereocenters. The number of unbranched alkanes of at least 4 members (excludes halogenated alkanes) is 34. The SMILES string of the molecule is CCCCCCCCCCC/C=C\CCCCCCC(O)C(=O)NC(COC1OC(CO)C(O)C(O)C1O)C(O)C(O)CCC/C=C/CCCCCCCCCCCCCCCCCCCCCC. The zero-order chi connectivity index (χ0) is 50.4. The summed E-state index contributed by atoms with van der Waals surface area (Å²) in [5.41, 5.74) is 0. The van der Waals surface area contributed by atoms with Crippen molar-refractivity contribution in [2.45, 2.75) is 326 Å². The number of hydrogen-bond donors (Lipinski definition) is 8. The van der Waals surface area contributed by atoms with Gasteiger partial charge in [0.15, 0.2) is 6.29 Å². The van der Waals surface area contributed by atoms with Crippen molar-refractivity contribution in [2.75, 3.05) is 13.2 Å². The van der Waals surface area contributed by atoms with Crippen molar-refractivity contribution < 1.29 is 50.0 Å². The van der Waals surface area contributed by atoms with E-state index >= 15 is 0 Å². The molecule has 1 saturated heterocycles.